The van der Waals surface area contributed by atoms with Crippen molar-refractivity contribution >= 4 is 45.0 Å². The van der Waals surface area contributed by atoms with Gasteiger partial charge in [0, 0.05) is 27.9 Å². The van der Waals surface area contributed by atoms with Gasteiger partial charge in [0.1, 0.15) is 0 Å². The van der Waals surface area contributed by atoms with Gasteiger partial charge in [-0.25, -0.2) is 13.1 Å². The lowest BCUT2D eigenvalue weighted by molar-refractivity contribution is -0.116. The minimum atomic E-state index is -3.61. The van der Waals surface area contributed by atoms with Crippen molar-refractivity contribution < 1.29 is 13.2 Å². The van der Waals surface area contributed by atoms with Crippen LogP contribution in [0.25, 0.3) is 0 Å². The highest BCUT2D eigenvalue weighted by atomic mass is 35.5. The molecule has 0 saturated carbocycles. The zero-order valence-corrected chi connectivity index (χ0v) is 15.8. The Morgan fingerprint density at radius 2 is 1.92 bits per heavy atom. The predicted octanol–water partition coefficient (Wildman–Crippen LogP) is 3.47. The molecule has 0 radical (unpaired) electrons. The molecule has 0 unspecified atom stereocenters. The molecule has 1 aliphatic rings. The molecule has 1 aliphatic heterocycles. The first-order valence-electron chi connectivity index (χ1n) is 7.70. The number of sulfonamides is 1. The first-order valence-corrected chi connectivity index (χ1v) is 10.5. The highest BCUT2D eigenvalue weighted by Gasteiger charge is 2.28. The largest absolute Gasteiger partial charge is 0.325 e. The van der Waals surface area contributed by atoms with Gasteiger partial charge in [-0.05, 0) is 55.0 Å². The Balaban J connectivity index is 1.61. The summed E-state index contributed by atoms with van der Waals surface area (Å²) in [6.07, 6.45) is 0. The van der Waals surface area contributed by atoms with Crippen LogP contribution in [0.3, 0.4) is 0 Å². The van der Waals surface area contributed by atoms with Gasteiger partial charge in [0.15, 0.2) is 0 Å². The topological polar surface area (TPSA) is 75.3 Å². The van der Waals surface area contributed by atoms with Crippen molar-refractivity contribution in [3.8, 4) is 0 Å². The van der Waals surface area contributed by atoms with Crippen LogP contribution in [0.15, 0.2) is 52.3 Å². The van der Waals surface area contributed by atoms with E-state index in [2.05, 4.69) is 10.0 Å². The molecule has 2 aromatic rings. The third-order valence-corrected chi connectivity index (χ3v) is 6.65. The van der Waals surface area contributed by atoms with Gasteiger partial charge in [-0.1, -0.05) is 11.6 Å². The summed E-state index contributed by atoms with van der Waals surface area (Å²) in [6.45, 7) is 2.06. The number of rotatable bonds is 6. The third-order valence-electron chi connectivity index (χ3n) is 3.93. The maximum Gasteiger partial charge on any atom is 0.240 e. The maximum absolute atomic E-state index is 12.4. The fourth-order valence-corrected chi connectivity index (χ4v) is 4.61. The van der Waals surface area contributed by atoms with Gasteiger partial charge in [0.2, 0.25) is 15.9 Å². The molecule has 2 N–H and O–H groups in total. The standard InChI is InChI=1S/C17H17ClN2O3S2/c1-11-15-10-14(6-7-16(15)20-17(11)21)25(22,23)19-8-9-24-13-4-2-12(18)3-5-13/h2-7,10-11,19H,8-9H2,1H3,(H,20,21)/t11-/m1/s1. The lowest BCUT2D eigenvalue weighted by Gasteiger charge is -2.09. The SMILES string of the molecule is C[C@H]1C(=O)Nc2ccc(S(=O)(=O)NCCSc3ccc(Cl)cc3)cc21. The number of anilines is 1. The molecule has 8 heteroatoms. The van der Waals surface area contributed by atoms with E-state index in [4.69, 9.17) is 11.6 Å². The van der Waals surface area contributed by atoms with Crippen molar-refractivity contribution in [1.29, 1.82) is 0 Å². The molecule has 132 valence electrons. The number of fused-ring (bicyclic) bond motifs is 1. The number of carbonyl (C=O) groups excluding carboxylic acids is 1. The molecular formula is C17H17ClN2O3S2. The fraction of sp³-hybridized carbons (Fsp3) is 0.235. The van der Waals surface area contributed by atoms with Crippen LogP contribution in [-0.2, 0) is 14.8 Å². The van der Waals surface area contributed by atoms with Gasteiger partial charge >= 0.3 is 0 Å². The summed E-state index contributed by atoms with van der Waals surface area (Å²) in [6, 6.07) is 12.1. The van der Waals surface area contributed by atoms with Crippen molar-refractivity contribution in [2.75, 3.05) is 17.6 Å². The molecule has 0 spiro atoms. The Hall–Kier alpha value is -1.54. The Kier molecular flexibility index (Phi) is 5.38. The molecule has 0 aliphatic carbocycles. The molecule has 0 saturated heterocycles. The van der Waals surface area contributed by atoms with Gasteiger partial charge in [-0.3, -0.25) is 4.79 Å². The van der Waals surface area contributed by atoms with Crippen LogP contribution < -0.4 is 10.0 Å². The summed E-state index contributed by atoms with van der Waals surface area (Å²) in [7, 11) is -3.61. The zero-order valence-electron chi connectivity index (χ0n) is 13.5. The van der Waals surface area contributed by atoms with Crippen LogP contribution >= 0.6 is 23.4 Å². The van der Waals surface area contributed by atoms with E-state index in [9.17, 15) is 13.2 Å². The van der Waals surface area contributed by atoms with Crippen molar-refractivity contribution in [2.24, 2.45) is 0 Å². The Morgan fingerprint density at radius 1 is 1.20 bits per heavy atom. The van der Waals surface area contributed by atoms with Gasteiger partial charge in [-0.2, -0.15) is 0 Å². The minimum Gasteiger partial charge on any atom is -0.325 e. The van der Waals surface area contributed by atoms with Gasteiger partial charge in [0.25, 0.3) is 0 Å². The zero-order chi connectivity index (χ0) is 18.0. The van der Waals surface area contributed by atoms with E-state index in [1.807, 2.05) is 12.1 Å². The van der Waals surface area contributed by atoms with Crippen LogP contribution in [0.4, 0.5) is 5.69 Å². The molecule has 1 heterocycles. The quantitative estimate of drug-likeness (QED) is 0.579. The van der Waals surface area contributed by atoms with E-state index in [1.54, 1.807) is 43.0 Å². The van der Waals surface area contributed by atoms with Gasteiger partial charge < -0.3 is 5.32 Å². The molecule has 1 atom stereocenters. The normalized spacial score (nSPS) is 16.6. The average molecular weight is 397 g/mol. The molecular weight excluding hydrogens is 380 g/mol. The van der Waals surface area contributed by atoms with Crippen molar-refractivity contribution in [3.63, 3.8) is 0 Å². The molecule has 0 fully saturated rings. The summed E-state index contributed by atoms with van der Waals surface area (Å²) in [4.78, 5) is 12.9. The van der Waals surface area contributed by atoms with Crippen LogP contribution in [0.1, 0.15) is 18.4 Å². The number of benzene rings is 2. The molecule has 5 nitrogen and oxygen atoms in total. The summed E-state index contributed by atoms with van der Waals surface area (Å²) in [5, 5.41) is 3.40. The van der Waals surface area contributed by atoms with E-state index < -0.39 is 10.0 Å². The van der Waals surface area contributed by atoms with Crippen LogP contribution in [0, 0.1) is 0 Å². The third kappa shape index (κ3) is 4.17. The number of carbonyl (C=O) groups is 1. The van der Waals surface area contributed by atoms with Gasteiger partial charge in [-0.15, -0.1) is 11.8 Å². The summed E-state index contributed by atoms with van der Waals surface area (Å²) < 4.78 is 27.5. The highest BCUT2D eigenvalue weighted by Crippen LogP contribution is 2.33. The van der Waals surface area contributed by atoms with Crippen LogP contribution in [0.5, 0.6) is 0 Å². The number of amides is 1. The molecule has 2 aromatic carbocycles. The molecule has 25 heavy (non-hydrogen) atoms. The summed E-state index contributed by atoms with van der Waals surface area (Å²) >= 11 is 7.38. The lowest BCUT2D eigenvalue weighted by Crippen LogP contribution is -2.26. The van der Waals surface area contributed by atoms with E-state index in [0.29, 0.717) is 28.6 Å². The van der Waals surface area contributed by atoms with Crippen LogP contribution in [0.2, 0.25) is 5.02 Å². The Labute approximate surface area is 156 Å². The molecule has 3 rings (SSSR count). The van der Waals surface area contributed by atoms with Crippen molar-refractivity contribution in [2.45, 2.75) is 22.6 Å². The maximum atomic E-state index is 12.4. The van der Waals surface area contributed by atoms with Gasteiger partial charge in [0.05, 0.1) is 10.8 Å². The highest BCUT2D eigenvalue weighted by molar-refractivity contribution is 7.99. The number of nitrogens with one attached hydrogen (secondary N) is 2. The molecule has 1 amide bonds. The van der Waals surface area contributed by atoms with E-state index in [1.165, 1.54) is 6.07 Å². The molecule has 0 bridgehead atoms. The smallest absolute Gasteiger partial charge is 0.240 e. The average Bonchev–Trinajstić information content (AvgIpc) is 2.87. The van der Waals surface area contributed by atoms with E-state index >= 15 is 0 Å². The lowest BCUT2D eigenvalue weighted by atomic mass is 10.0. The number of hydrogen-bond acceptors (Lipinski definition) is 4. The van der Waals surface area contributed by atoms with E-state index in [-0.39, 0.29) is 16.7 Å². The number of halogens is 1. The summed E-state index contributed by atoms with van der Waals surface area (Å²) in [5.41, 5.74) is 1.39. The first-order chi connectivity index (χ1) is 11.9. The number of thioether (sulfide) groups is 1. The number of hydrogen-bond donors (Lipinski definition) is 2. The Bertz CT molecular complexity index is 899. The van der Waals surface area contributed by atoms with Crippen molar-refractivity contribution in [1.82, 2.24) is 4.72 Å². The fourth-order valence-electron chi connectivity index (χ4n) is 2.52. The van der Waals surface area contributed by atoms with Crippen molar-refractivity contribution in [3.05, 3.63) is 53.1 Å². The monoisotopic (exact) mass is 396 g/mol. The second-order valence-corrected chi connectivity index (χ2v) is 9.03. The minimum absolute atomic E-state index is 0.114. The van der Waals surface area contributed by atoms with E-state index in [0.717, 1.165) is 4.90 Å². The summed E-state index contributed by atoms with van der Waals surface area (Å²) in [5.74, 6) is 0.143. The Morgan fingerprint density at radius 3 is 2.64 bits per heavy atom. The van der Waals surface area contributed by atoms with Crippen LogP contribution in [-0.4, -0.2) is 26.6 Å². The first kappa shape index (κ1) is 18.3. The second-order valence-electron chi connectivity index (χ2n) is 5.66. The predicted molar refractivity (Wildman–Crippen MR) is 101 cm³/mol. The second kappa shape index (κ2) is 7.37. The molecule has 0 aromatic heterocycles.